The van der Waals surface area contributed by atoms with Gasteiger partial charge in [-0.15, -0.1) is 0 Å². The van der Waals surface area contributed by atoms with Crippen molar-refractivity contribution in [2.45, 2.75) is 6.92 Å². The van der Waals surface area contributed by atoms with E-state index in [1.165, 1.54) is 0 Å². The zero-order valence-corrected chi connectivity index (χ0v) is 10.6. The van der Waals surface area contributed by atoms with Crippen molar-refractivity contribution in [3.05, 3.63) is 65.2 Å². The summed E-state index contributed by atoms with van der Waals surface area (Å²) in [5.41, 5.74) is 2.25. The molecular weight excluding hydrogens is 238 g/mol. The lowest BCUT2D eigenvalue weighted by Crippen LogP contribution is -2.11. The van der Waals surface area contributed by atoms with E-state index in [1.807, 2.05) is 25.1 Å². The Bertz CT molecular complexity index is 624. The second-order valence-corrected chi connectivity index (χ2v) is 4.22. The van der Waals surface area contributed by atoms with Crippen LogP contribution in [-0.4, -0.2) is 12.4 Å². The summed E-state index contributed by atoms with van der Waals surface area (Å²) < 4.78 is 5.39. The molecule has 0 N–H and O–H groups in total. The van der Waals surface area contributed by atoms with Gasteiger partial charge in [0.05, 0.1) is 11.6 Å². The predicted molar refractivity (Wildman–Crippen MR) is 72.2 cm³/mol. The molecule has 0 fully saturated rings. The minimum absolute atomic E-state index is 0.0298. The van der Waals surface area contributed by atoms with Gasteiger partial charge in [0.1, 0.15) is 5.75 Å². The molecule has 0 heterocycles. The van der Waals surface area contributed by atoms with Gasteiger partial charge in [-0.1, -0.05) is 35.9 Å². The molecular formula is C16H13NO2. The van der Waals surface area contributed by atoms with Crippen molar-refractivity contribution >= 4 is 5.78 Å². The number of ketones is 1. The van der Waals surface area contributed by atoms with Gasteiger partial charge in [0.2, 0.25) is 0 Å². The molecule has 0 radical (unpaired) electrons. The first kappa shape index (κ1) is 12.8. The zero-order chi connectivity index (χ0) is 13.7. The summed E-state index contributed by atoms with van der Waals surface area (Å²) >= 11 is 0. The molecule has 0 saturated heterocycles. The van der Waals surface area contributed by atoms with E-state index in [-0.39, 0.29) is 12.4 Å². The van der Waals surface area contributed by atoms with Gasteiger partial charge in [-0.3, -0.25) is 4.79 Å². The van der Waals surface area contributed by atoms with Crippen LogP contribution < -0.4 is 4.74 Å². The fraction of sp³-hybridized carbons (Fsp3) is 0.125. The van der Waals surface area contributed by atoms with E-state index in [1.54, 1.807) is 36.4 Å². The molecule has 94 valence electrons. The molecule has 0 atom stereocenters. The number of Topliss-reactive ketones (excluding diaryl/α,β-unsaturated/α-hetero) is 1. The quantitative estimate of drug-likeness (QED) is 0.784. The van der Waals surface area contributed by atoms with Crippen LogP contribution in [0.1, 0.15) is 21.5 Å². The van der Waals surface area contributed by atoms with Crippen LogP contribution in [0.15, 0.2) is 48.5 Å². The van der Waals surface area contributed by atoms with Gasteiger partial charge < -0.3 is 4.74 Å². The third-order valence-electron chi connectivity index (χ3n) is 2.71. The van der Waals surface area contributed by atoms with Crippen molar-refractivity contribution in [3.63, 3.8) is 0 Å². The summed E-state index contributed by atoms with van der Waals surface area (Å²) in [6.45, 7) is 1.94. The molecule has 0 saturated carbocycles. The minimum atomic E-state index is -0.0811. The van der Waals surface area contributed by atoms with Crippen molar-refractivity contribution in [1.29, 1.82) is 5.26 Å². The topological polar surface area (TPSA) is 50.1 Å². The van der Waals surface area contributed by atoms with Crippen LogP contribution >= 0.6 is 0 Å². The summed E-state index contributed by atoms with van der Waals surface area (Å²) in [4.78, 5) is 11.9. The third-order valence-corrected chi connectivity index (χ3v) is 2.71. The molecule has 0 aromatic heterocycles. The molecule has 3 nitrogen and oxygen atoms in total. The molecule has 2 aromatic rings. The molecule has 0 aliphatic rings. The van der Waals surface area contributed by atoms with Gasteiger partial charge in [0, 0.05) is 5.56 Å². The van der Waals surface area contributed by atoms with E-state index in [0.717, 1.165) is 5.56 Å². The van der Waals surface area contributed by atoms with Crippen LogP contribution in [0.4, 0.5) is 0 Å². The number of hydrogen-bond acceptors (Lipinski definition) is 3. The normalized spacial score (nSPS) is 9.68. The van der Waals surface area contributed by atoms with Crippen LogP contribution in [0.2, 0.25) is 0 Å². The highest BCUT2D eigenvalue weighted by molar-refractivity contribution is 5.97. The molecule has 0 amide bonds. The Balaban J connectivity index is 2.00. The van der Waals surface area contributed by atoms with E-state index < -0.39 is 0 Å². The van der Waals surface area contributed by atoms with E-state index in [2.05, 4.69) is 0 Å². The Morgan fingerprint density at radius 2 is 1.95 bits per heavy atom. The van der Waals surface area contributed by atoms with E-state index in [4.69, 9.17) is 10.00 Å². The lowest BCUT2D eigenvalue weighted by atomic mass is 10.1. The standard InChI is InChI=1S/C16H13NO2/c1-12-5-7-14(8-6-12)16(18)11-19-15-4-2-3-13(9-15)10-17/h2-9H,11H2,1H3. The monoisotopic (exact) mass is 251 g/mol. The fourth-order valence-corrected chi connectivity index (χ4v) is 1.63. The third kappa shape index (κ3) is 3.43. The highest BCUT2D eigenvalue weighted by atomic mass is 16.5. The Morgan fingerprint density at radius 1 is 1.21 bits per heavy atom. The second kappa shape index (κ2) is 5.83. The van der Waals surface area contributed by atoms with Crippen molar-refractivity contribution < 1.29 is 9.53 Å². The maximum absolute atomic E-state index is 11.9. The highest BCUT2D eigenvalue weighted by Gasteiger charge is 2.06. The summed E-state index contributed by atoms with van der Waals surface area (Å²) in [6, 6.07) is 16.1. The number of rotatable bonds is 4. The van der Waals surface area contributed by atoms with Gasteiger partial charge in [-0.25, -0.2) is 0 Å². The van der Waals surface area contributed by atoms with Crippen LogP contribution in [0, 0.1) is 18.3 Å². The van der Waals surface area contributed by atoms with Crippen LogP contribution in [0.3, 0.4) is 0 Å². The lowest BCUT2D eigenvalue weighted by molar-refractivity contribution is 0.0921. The van der Waals surface area contributed by atoms with Gasteiger partial charge in [0.15, 0.2) is 12.4 Å². The van der Waals surface area contributed by atoms with Crippen molar-refractivity contribution in [2.24, 2.45) is 0 Å². The maximum Gasteiger partial charge on any atom is 0.200 e. The lowest BCUT2D eigenvalue weighted by Gasteiger charge is -2.06. The average molecular weight is 251 g/mol. The number of aryl methyl sites for hydroxylation is 1. The second-order valence-electron chi connectivity index (χ2n) is 4.22. The van der Waals surface area contributed by atoms with E-state index >= 15 is 0 Å². The van der Waals surface area contributed by atoms with Gasteiger partial charge >= 0.3 is 0 Å². The Kier molecular flexibility index (Phi) is 3.94. The number of ether oxygens (including phenoxy) is 1. The van der Waals surface area contributed by atoms with Crippen molar-refractivity contribution in [3.8, 4) is 11.8 Å². The first-order valence-corrected chi connectivity index (χ1v) is 5.92. The first-order chi connectivity index (χ1) is 9.19. The summed E-state index contributed by atoms with van der Waals surface area (Å²) in [6.07, 6.45) is 0. The number of hydrogen-bond donors (Lipinski definition) is 0. The minimum Gasteiger partial charge on any atom is -0.485 e. The van der Waals surface area contributed by atoms with E-state index in [0.29, 0.717) is 16.9 Å². The predicted octanol–water partition coefficient (Wildman–Crippen LogP) is 3.13. The van der Waals surface area contributed by atoms with E-state index in [9.17, 15) is 4.79 Å². The number of nitrogens with zero attached hydrogens (tertiary/aromatic N) is 1. The fourth-order valence-electron chi connectivity index (χ4n) is 1.63. The summed E-state index contributed by atoms with van der Waals surface area (Å²) in [5, 5.41) is 8.77. The van der Waals surface area contributed by atoms with Crippen LogP contribution in [0.25, 0.3) is 0 Å². The maximum atomic E-state index is 11.9. The number of benzene rings is 2. The molecule has 3 heteroatoms. The number of carbonyl (C=O) groups excluding carboxylic acids is 1. The van der Waals surface area contributed by atoms with Crippen LogP contribution in [0.5, 0.6) is 5.75 Å². The SMILES string of the molecule is Cc1ccc(C(=O)COc2cccc(C#N)c2)cc1. The molecule has 2 rings (SSSR count). The highest BCUT2D eigenvalue weighted by Crippen LogP contribution is 2.13. The average Bonchev–Trinajstić information content (AvgIpc) is 2.46. The molecule has 19 heavy (non-hydrogen) atoms. The summed E-state index contributed by atoms with van der Waals surface area (Å²) in [7, 11) is 0. The van der Waals surface area contributed by atoms with Crippen molar-refractivity contribution in [2.75, 3.05) is 6.61 Å². The van der Waals surface area contributed by atoms with Crippen LogP contribution in [-0.2, 0) is 0 Å². The Hall–Kier alpha value is -2.60. The zero-order valence-electron chi connectivity index (χ0n) is 10.6. The molecule has 0 bridgehead atoms. The van der Waals surface area contributed by atoms with Gasteiger partial charge in [0.25, 0.3) is 0 Å². The molecule has 2 aromatic carbocycles. The van der Waals surface area contributed by atoms with Gasteiger partial charge in [-0.2, -0.15) is 5.26 Å². The van der Waals surface area contributed by atoms with Gasteiger partial charge in [-0.05, 0) is 25.1 Å². The summed E-state index contributed by atoms with van der Waals surface area (Å²) in [5.74, 6) is 0.446. The smallest absolute Gasteiger partial charge is 0.200 e. The molecule has 0 aliphatic heterocycles. The number of nitriles is 1. The number of carbonyl (C=O) groups is 1. The molecule has 0 aliphatic carbocycles. The first-order valence-electron chi connectivity index (χ1n) is 5.92. The van der Waals surface area contributed by atoms with Crippen molar-refractivity contribution in [1.82, 2.24) is 0 Å². The Labute approximate surface area is 112 Å². The largest absolute Gasteiger partial charge is 0.485 e. The molecule has 0 spiro atoms. The Morgan fingerprint density at radius 3 is 2.63 bits per heavy atom. The molecule has 0 unspecified atom stereocenters.